The molecule has 1 aliphatic rings. The van der Waals surface area contributed by atoms with Crippen LogP contribution >= 0.6 is 12.4 Å². The molecule has 0 aromatic heterocycles. The smallest absolute Gasteiger partial charge is 0.255 e. The molecule has 6 nitrogen and oxygen atoms in total. The third kappa shape index (κ3) is 5.97. The van der Waals surface area contributed by atoms with Crippen molar-refractivity contribution in [2.24, 2.45) is 5.92 Å². The summed E-state index contributed by atoms with van der Waals surface area (Å²) in [4.78, 5) is 24.6. The minimum Gasteiger partial charge on any atom is -0.494 e. The highest BCUT2D eigenvalue weighted by Gasteiger charge is 2.20. The molecule has 0 saturated carbocycles. The van der Waals surface area contributed by atoms with Gasteiger partial charge in [-0.2, -0.15) is 0 Å². The van der Waals surface area contributed by atoms with E-state index in [4.69, 9.17) is 4.74 Å². The molecule has 0 aliphatic carbocycles. The number of hydrogen-bond donors (Lipinski definition) is 3. The predicted molar refractivity (Wildman–Crippen MR) is 113 cm³/mol. The maximum absolute atomic E-state index is 12.4. The van der Waals surface area contributed by atoms with Gasteiger partial charge in [-0.25, -0.2) is 0 Å². The molecule has 3 N–H and O–H groups in total. The van der Waals surface area contributed by atoms with Gasteiger partial charge in [-0.05, 0) is 81.4 Å². The minimum atomic E-state index is -0.199. The van der Waals surface area contributed by atoms with Crippen molar-refractivity contribution in [2.75, 3.05) is 30.3 Å². The first-order chi connectivity index (χ1) is 13.2. The van der Waals surface area contributed by atoms with Crippen molar-refractivity contribution in [3.05, 3.63) is 54.1 Å². The fourth-order valence-electron chi connectivity index (χ4n) is 3.04. The Morgan fingerprint density at radius 1 is 0.964 bits per heavy atom. The first-order valence-electron chi connectivity index (χ1n) is 9.31. The fourth-order valence-corrected chi connectivity index (χ4v) is 3.04. The van der Waals surface area contributed by atoms with Crippen molar-refractivity contribution >= 4 is 35.6 Å². The maximum Gasteiger partial charge on any atom is 0.255 e. The zero-order valence-electron chi connectivity index (χ0n) is 15.9. The Morgan fingerprint density at radius 3 is 2.14 bits per heavy atom. The van der Waals surface area contributed by atoms with Crippen LogP contribution in [0.5, 0.6) is 5.75 Å². The molecule has 0 atom stereocenters. The van der Waals surface area contributed by atoms with Gasteiger partial charge >= 0.3 is 0 Å². The van der Waals surface area contributed by atoms with Crippen LogP contribution in [0.1, 0.15) is 30.1 Å². The summed E-state index contributed by atoms with van der Waals surface area (Å²) in [7, 11) is 0. The largest absolute Gasteiger partial charge is 0.494 e. The SMILES string of the molecule is CCOc1ccc(NC(=O)c2ccc(NC(=O)C3CCNCC3)cc2)cc1.Cl. The highest BCUT2D eigenvalue weighted by molar-refractivity contribution is 6.04. The second kappa shape index (κ2) is 10.7. The van der Waals surface area contributed by atoms with Gasteiger partial charge in [0.1, 0.15) is 5.75 Å². The quantitative estimate of drug-likeness (QED) is 0.687. The molecule has 1 saturated heterocycles. The van der Waals surface area contributed by atoms with Gasteiger partial charge in [0.15, 0.2) is 0 Å². The molecule has 2 aromatic carbocycles. The van der Waals surface area contributed by atoms with E-state index >= 15 is 0 Å². The lowest BCUT2D eigenvalue weighted by molar-refractivity contribution is -0.120. The number of carbonyl (C=O) groups is 2. The van der Waals surface area contributed by atoms with Gasteiger partial charge in [-0.15, -0.1) is 12.4 Å². The number of carbonyl (C=O) groups excluding carboxylic acids is 2. The number of ether oxygens (including phenoxy) is 1. The summed E-state index contributed by atoms with van der Waals surface area (Å²) in [6.07, 6.45) is 1.71. The first kappa shape index (κ1) is 21.7. The Bertz CT molecular complexity index is 772. The monoisotopic (exact) mass is 403 g/mol. The molecule has 0 bridgehead atoms. The molecule has 1 heterocycles. The van der Waals surface area contributed by atoms with E-state index in [1.54, 1.807) is 36.4 Å². The van der Waals surface area contributed by atoms with Crippen LogP contribution < -0.4 is 20.7 Å². The first-order valence-corrected chi connectivity index (χ1v) is 9.31. The van der Waals surface area contributed by atoms with E-state index in [0.29, 0.717) is 23.5 Å². The van der Waals surface area contributed by atoms with Crippen molar-refractivity contribution in [2.45, 2.75) is 19.8 Å². The molecule has 0 unspecified atom stereocenters. The van der Waals surface area contributed by atoms with Crippen molar-refractivity contribution in [1.29, 1.82) is 0 Å². The van der Waals surface area contributed by atoms with Gasteiger partial charge < -0.3 is 20.7 Å². The van der Waals surface area contributed by atoms with Crippen molar-refractivity contribution in [3.8, 4) is 5.75 Å². The lowest BCUT2D eigenvalue weighted by Crippen LogP contribution is -2.34. The van der Waals surface area contributed by atoms with Crippen LogP contribution in [0.2, 0.25) is 0 Å². The maximum atomic E-state index is 12.4. The van der Waals surface area contributed by atoms with Gasteiger partial charge in [-0.3, -0.25) is 9.59 Å². The molecular formula is C21H26ClN3O3. The Morgan fingerprint density at radius 2 is 1.54 bits per heavy atom. The third-order valence-electron chi connectivity index (χ3n) is 4.55. The number of piperidine rings is 1. The fraction of sp³-hybridized carbons (Fsp3) is 0.333. The molecule has 7 heteroatoms. The Kier molecular flexibility index (Phi) is 8.29. The molecule has 1 fully saturated rings. The predicted octanol–water partition coefficient (Wildman–Crippen LogP) is 3.70. The summed E-state index contributed by atoms with van der Waals surface area (Å²) >= 11 is 0. The van der Waals surface area contributed by atoms with Crippen molar-refractivity contribution in [3.63, 3.8) is 0 Å². The topological polar surface area (TPSA) is 79.5 Å². The minimum absolute atomic E-state index is 0. The standard InChI is InChI=1S/C21H25N3O3.ClH/c1-2-27-19-9-7-18(8-10-19)24-20(25)15-3-5-17(6-4-15)23-21(26)16-11-13-22-14-12-16;/h3-10,16,22H,2,11-14H2,1H3,(H,23,26)(H,24,25);1H. The molecule has 2 aromatic rings. The number of anilines is 2. The number of hydrogen-bond acceptors (Lipinski definition) is 4. The highest BCUT2D eigenvalue weighted by Crippen LogP contribution is 2.18. The zero-order valence-corrected chi connectivity index (χ0v) is 16.7. The summed E-state index contributed by atoms with van der Waals surface area (Å²) < 4.78 is 5.39. The second-order valence-electron chi connectivity index (χ2n) is 6.50. The van der Waals surface area contributed by atoms with Gasteiger partial charge in [-0.1, -0.05) is 0 Å². The number of amides is 2. The summed E-state index contributed by atoms with van der Waals surface area (Å²) in [5.74, 6) is 0.664. The van der Waals surface area contributed by atoms with E-state index in [2.05, 4.69) is 16.0 Å². The number of nitrogens with one attached hydrogen (secondary N) is 3. The van der Waals surface area contributed by atoms with Gasteiger partial charge in [0, 0.05) is 22.9 Å². The number of benzene rings is 2. The normalized spacial score (nSPS) is 13.9. The summed E-state index contributed by atoms with van der Waals surface area (Å²) in [5.41, 5.74) is 1.94. The second-order valence-corrected chi connectivity index (χ2v) is 6.50. The van der Waals surface area contributed by atoms with Gasteiger partial charge in [0.2, 0.25) is 5.91 Å². The summed E-state index contributed by atoms with van der Waals surface area (Å²) in [6.45, 7) is 4.28. The van der Waals surface area contributed by atoms with Crippen molar-refractivity contribution in [1.82, 2.24) is 5.32 Å². The molecule has 0 spiro atoms. The number of halogens is 1. The van der Waals surface area contributed by atoms with Crippen LogP contribution in [0.15, 0.2) is 48.5 Å². The van der Waals surface area contributed by atoms with Crippen LogP contribution in [-0.2, 0) is 4.79 Å². The van der Waals surface area contributed by atoms with Crippen molar-refractivity contribution < 1.29 is 14.3 Å². The van der Waals surface area contributed by atoms with E-state index in [1.165, 1.54) is 0 Å². The van der Waals surface area contributed by atoms with Crippen LogP contribution in [0, 0.1) is 5.92 Å². The molecule has 1 aliphatic heterocycles. The lowest BCUT2D eigenvalue weighted by Gasteiger charge is -2.21. The van der Waals surface area contributed by atoms with Crippen LogP contribution in [0.3, 0.4) is 0 Å². The van der Waals surface area contributed by atoms with Crippen LogP contribution in [0.25, 0.3) is 0 Å². The van der Waals surface area contributed by atoms with E-state index in [0.717, 1.165) is 31.7 Å². The summed E-state index contributed by atoms with van der Waals surface area (Å²) in [6, 6.07) is 14.2. The third-order valence-corrected chi connectivity index (χ3v) is 4.55. The Balaban J connectivity index is 0.00000280. The molecular weight excluding hydrogens is 378 g/mol. The van der Waals surface area contributed by atoms with Gasteiger partial charge in [0.05, 0.1) is 6.61 Å². The molecule has 150 valence electrons. The summed E-state index contributed by atoms with van der Waals surface area (Å²) in [5, 5.41) is 9.04. The molecule has 3 rings (SSSR count). The van der Waals surface area contributed by atoms with Gasteiger partial charge in [0.25, 0.3) is 5.91 Å². The molecule has 2 amide bonds. The van der Waals surface area contributed by atoms with E-state index in [9.17, 15) is 9.59 Å². The number of rotatable bonds is 6. The average molecular weight is 404 g/mol. The van der Waals surface area contributed by atoms with E-state index < -0.39 is 0 Å². The van der Waals surface area contributed by atoms with E-state index in [-0.39, 0.29) is 30.1 Å². The molecule has 28 heavy (non-hydrogen) atoms. The van der Waals surface area contributed by atoms with E-state index in [1.807, 2.05) is 19.1 Å². The zero-order chi connectivity index (χ0) is 19.1. The van der Waals surface area contributed by atoms with Crippen LogP contribution in [-0.4, -0.2) is 31.5 Å². The lowest BCUT2D eigenvalue weighted by atomic mass is 9.97. The molecule has 0 radical (unpaired) electrons. The van der Waals surface area contributed by atoms with Crippen LogP contribution in [0.4, 0.5) is 11.4 Å². The average Bonchev–Trinajstić information content (AvgIpc) is 2.71. The Labute approximate surface area is 171 Å². The highest BCUT2D eigenvalue weighted by atomic mass is 35.5. The Hall–Kier alpha value is -2.57.